The highest BCUT2D eigenvalue weighted by molar-refractivity contribution is 7.89. The number of nitrogens with one attached hydrogen (secondary N) is 3. The third-order valence-corrected chi connectivity index (χ3v) is 8.63. The molecule has 1 fully saturated rings. The van der Waals surface area contributed by atoms with Crippen molar-refractivity contribution in [3.63, 3.8) is 0 Å². The average molecular weight is 632 g/mol. The van der Waals surface area contributed by atoms with Crippen molar-refractivity contribution in [3.05, 3.63) is 93.5 Å². The lowest BCUT2D eigenvalue weighted by Crippen LogP contribution is -2.57. The second-order valence-corrected chi connectivity index (χ2v) is 13.5. The summed E-state index contributed by atoms with van der Waals surface area (Å²) in [4.78, 5) is 40.5. The molecule has 3 amide bonds. The highest BCUT2D eigenvalue weighted by Gasteiger charge is 2.62. The second-order valence-electron chi connectivity index (χ2n) is 11.3. The van der Waals surface area contributed by atoms with E-state index in [0.29, 0.717) is 27.4 Å². The molecule has 3 aromatic carbocycles. The van der Waals surface area contributed by atoms with Gasteiger partial charge < -0.3 is 15.4 Å². The first-order valence-corrected chi connectivity index (χ1v) is 15.5. The summed E-state index contributed by atoms with van der Waals surface area (Å²) in [5, 5.41) is 6.05. The summed E-state index contributed by atoms with van der Waals surface area (Å²) in [6.07, 6.45) is 0.502. The van der Waals surface area contributed by atoms with Gasteiger partial charge in [0.25, 0.3) is 5.91 Å². The largest absolute Gasteiger partial charge is 0.478 e. The van der Waals surface area contributed by atoms with Gasteiger partial charge in [0, 0.05) is 28.6 Å². The van der Waals surface area contributed by atoms with E-state index >= 15 is 0 Å². The van der Waals surface area contributed by atoms with Gasteiger partial charge in [-0.2, -0.15) is 0 Å². The molecular formula is C30H28ClF2N3O6S. The number of benzene rings is 3. The summed E-state index contributed by atoms with van der Waals surface area (Å²) in [6.45, 7) is 4.36. The van der Waals surface area contributed by atoms with Crippen molar-refractivity contribution >= 4 is 45.0 Å². The number of rotatable bonds is 6. The fraction of sp³-hybridized carbons (Fsp3) is 0.300. The number of hydrogen-bond donors (Lipinski definition) is 3. The number of amides is 3. The summed E-state index contributed by atoms with van der Waals surface area (Å²) < 4.78 is 61.0. The zero-order valence-corrected chi connectivity index (χ0v) is 25.1. The summed E-state index contributed by atoms with van der Waals surface area (Å²) in [5.41, 5.74) is -1.64. The predicted molar refractivity (Wildman–Crippen MR) is 155 cm³/mol. The lowest BCUT2D eigenvalue weighted by Gasteiger charge is -2.47. The van der Waals surface area contributed by atoms with Crippen molar-refractivity contribution in [1.82, 2.24) is 10.0 Å². The number of hydrogen-bond acceptors (Lipinski definition) is 6. The van der Waals surface area contributed by atoms with Crippen LogP contribution in [-0.2, 0) is 29.8 Å². The maximum Gasteiger partial charge on any atom is 0.277 e. The fourth-order valence-corrected chi connectivity index (χ4v) is 6.69. The zero-order valence-electron chi connectivity index (χ0n) is 23.5. The Kier molecular flexibility index (Phi) is 7.50. The molecule has 3 aromatic rings. The van der Waals surface area contributed by atoms with Gasteiger partial charge in [-0.1, -0.05) is 23.7 Å². The normalized spacial score (nSPS) is 21.7. The molecule has 5 rings (SSSR count). The first kappa shape index (κ1) is 30.4. The number of carbonyl (C=O) groups is 3. The van der Waals surface area contributed by atoms with E-state index in [1.165, 1.54) is 38.1 Å². The number of fused-ring (bicyclic) bond motifs is 2. The molecule has 2 aliphatic rings. The van der Waals surface area contributed by atoms with Gasteiger partial charge in [-0.05, 0) is 79.9 Å². The molecule has 226 valence electrons. The summed E-state index contributed by atoms with van der Waals surface area (Å²) in [5.74, 6) is -4.50. The molecule has 0 aromatic heterocycles. The van der Waals surface area contributed by atoms with Gasteiger partial charge in [0.1, 0.15) is 22.8 Å². The molecule has 43 heavy (non-hydrogen) atoms. The Bertz CT molecular complexity index is 1800. The molecule has 0 bridgehead atoms. The number of carbonyl (C=O) groups excluding carboxylic acids is 3. The minimum absolute atomic E-state index is 0.0564. The lowest BCUT2D eigenvalue weighted by atomic mass is 9.59. The smallest absolute Gasteiger partial charge is 0.277 e. The van der Waals surface area contributed by atoms with Crippen molar-refractivity contribution in [2.75, 3.05) is 11.6 Å². The van der Waals surface area contributed by atoms with E-state index in [4.69, 9.17) is 16.3 Å². The van der Waals surface area contributed by atoms with Crippen molar-refractivity contribution in [3.8, 4) is 5.75 Å². The van der Waals surface area contributed by atoms with E-state index in [1.807, 2.05) is 4.72 Å². The average Bonchev–Trinajstić information content (AvgIpc) is 3.17. The minimum Gasteiger partial charge on any atom is -0.478 e. The molecule has 1 spiro atoms. The van der Waals surface area contributed by atoms with Crippen LogP contribution in [0.15, 0.2) is 54.6 Å². The summed E-state index contributed by atoms with van der Waals surface area (Å²) in [6, 6.07) is 11.1. The van der Waals surface area contributed by atoms with Crippen molar-refractivity contribution in [1.29, 1.82) is 0 Å². The van der Waals surface area contributed by atoms with Crippen molar-refractivity contribution in [2.45, 2.75) is 50.2 Å². The van der Waals surface area contributed by atoms with Crippen LogP contribution in [0.2, 0.25) is 5.02 Å². The monoisotopic (exact) mass is 631 g/mol. The van der Waals surface area contributed by atoms with Crippen LogP contribution in [0, 0.1) is 18.6 Å². The first-order chi connectivity index (χ1) is 20.0. The van der Waals surface area contributed by atoms with Crippen LogP contribution in [0.4, 0.5) is 14.5 Å². The molecule has 2 heterocycles. The standard InChI is InChI=1S/C30H28ClF2N3O6S/c1-15-5-7-17(32)12-19(15)26-30(21-9-6-16(31)11-23(21)34-28(30)39)22(14-25(37)35-26)20-13-18(33)8-10-24(20)42-29(2,3)27(38)36-43(4,40)41/h5-13,22,26H,14H2,1-4H3,(H,34,39)(H,35,37)(H,36,38)/t22-,26+,30-/m1/s1. The van der Waals surface area contributed by atoms with Crippen LogP contribution in [0.3, 0.4) is 0 Å². The highest BCUT2D eigenvalue weighted by Crippen LogP contribution is 2.59. The molecular weight excluding hydrogens is 604 g/mol. The van der Waals surface area contributed by atoms with Crippen molar-refractivity contribution < 1.29 is 36.3 Å². The summed E-state index contributed by atoms with van der Waals surface area (Å²) in [7, 11) is -3.94. The minimum atomic E-state index is -3.94. The molecule has 2 aliphatic heterocycles. The van der Waals surface area contributed by atoms with E-state index in [-0.39, 0.29) is 17.7 Å². The number of anilines is 1. The van der Waals surface area contributed by atoms with Crippen LogP contribution in [0.25, 0.3) is 0 Å². The van der Waals surface area contributed by atoms with Crippen molar-refractivity contribution in [2.24, 2.45) is 0 Å². The number of piperidine rings is 1. The van der Waals surface area contributed by atoms with Crippen LogP contribution >= 0.6 is 11.6 Å². The van der Waals surface area contributed by atoms with E-state index in [2.05, 4.69) is 10.6 Å². The SMILES string of the molecule is Cc1ccc(F)cc1[C@@H]1NC(=O)C[C@H](c2cc(F)ccc2OC(C)(C)C(=O)NS(C)(=O)=O)[C@@]12C(=O)Nc1cc(Cl)ccc12. The van der Waals surface area contributed by atoms with Gasteiger partial charge >= 0.3 is 0 Å². The van der Waals surface area contributed by atoms with E-state index in [1.54, 1.807) is 25.1 Å². The topological polar surface area (TPSA) is 131 Å². The number of sulfonamides is 1. The van der Waals surface area contributed by atoms with E-state index in [9.17, 15) is 31.6 Å². The van der Waals surface area contributed by atoms with Gasteiger partial charge in [-0.25, -0.2) is 21.9 Å². The third-order valence-electron chi connectivity index (χ3n) is 7.84. The highest BCUT2D eigenvalue weighted by atomic mass is 35.5. The van der Waals surface area contributed by atoms with E-state index < -0.39 is 62.4 Å². The Morgan fingerprint density at radius 2 is 1.70 bits per heavy atom. The molecule has 0 unspecified atom stereocenters. The number of aryl methyl sites for hydroxylation is 1. The fourth-order valence-electron chi connectivity index (χ4n) is 5.94. The quantitative estimate of drug-likeness (QED) is 0.370. The van der Waals surface area contributed by atoms with E-state index in [0.717, 1.165) is 18.4 Å². The molecule has 3 N–H and O–H groups in total. The molecule has 3 atom stereocenters. The summed E-state index contributed by atoms with van der Waals surface area (Å²) >= 11 is 6.25. The van der Waals surface area contributed by atoms with Gasteiger partial charge in [0.05, 0.1) is 12.3 Å². The zero-order chi connectivity index (χ0) is 31.5. The van der Waals surface area contributed by atoms with Crippen LogP contribution in [0.1, 0.15) is 54.5 Å². The first-order valence-electron chi connectivity index (χ1n) is 13.2. The predicted octanol–water partition coefficient (Wildman–Crippen LogP) is 4.39. The molecule has 0 aliphatic carbocycles. The Morgan fingerprint density at radius 1 is 1.05 bits per heavy atom. The van der Waals surface area contributed by atoms with Gasteiger partial charge in [0.2, 0.25) is 21.8 Å². The third kappa shape index (κ3) is 5.45. The Hall–Kier alpha value is -4.03. The Balaban J connectivity index is 1.76. The molecule has 13 heteroatoms. The van der Waals surface area contributed by atoms with Crippen LogP contribution < -0.4 is 20.1 Å². The molecule has 0 saturated carbocycles. The maximum absolute atomic E-state index is 15.0. The second kappa shape index (κ2) is 10.6. The van der Waals surface area contributed by atoms with Gasteiger partial charge in [-0.15, -0.1) is 0 Å². The Morgan fingerprint density at radius 3 is 2.37 bits per heavy atom. The lowest BCUT2D eigenvalue weighted by molar-refractivity contribution is -0.133. The molecule has 0 radical (unpaired) electrons. The Labute approximate surface area is 252 Å². The number of ether oxygens (including phenoxy) is 1. The van der Waals surface area contributed by atoms with Gasteiger partial charge in [-0.3, -0.25) is 14.4 Å². The van der Waals surface area contributed by atoms with Crippen LogP contribution in [-0.4, -0.2) is 38.0 Å². The maximum atomic E-state index is 15.0. The molecule has 9 nitrogen and oxygen atoms in total. The number of halogens is 3. The van der Waals surface area contributed by atoms with Gasteiger partial charge in [0.15, 0.2) is 5.60 Å². The molecule has 1 saturated heterocycles. The van der Waals surface area contributed by atoms with Crippen LogP contribution in [0.5, 0.6) is 5.75 Å².